The van der Waals surface area contributed by atoms with Gasteiger partial charge in [0.25, 0.3) is 0 Å². The monoisotopic (exact) mass is 562 g/mol. The Morgan fingerprint density at radius 2 is 1.82 bits per heavy atom. The molecule has 0 aliphatic carbocycles. The number of nitrogens with one attached hydrogen (secondary N) is 2. The Hall–Kier alpha value is -3.96. The Kier molecular flexibility index (Phi) is 7.04. The van der Waals surface area contributed by atoms with E-state index < -0.39 is 10.0 Å². The number of aryl methyl sites for hydroxylation is 2. The lowest BCUT2D eigenvalue weighted by Crippen LogP contribution is -2.29. The molecule has 5 rings (SSSR count). The van der Waals surface area contributed by atoms with Crippen LogP contribution in [-0.2, 0) is 10.0 Å². The molecule has 39 heavy (non-hydrogen) atoms. The maximum atomic E-state index is 12.1. The van der Waals surface area contributed by atoms with Crippen molar-refractivity contribution in [1.82, 2.24) is 19.9 Å². The molecule has 4 heterocycles. The Morgan fingerprint density at radius 3 is 2.49 bits per heavy atom. The highest BCUT2D eigenvalue weighted by molar-refractivity contribution is 7.92. The highest BCUT2D eigenvalue weighted by Gasteiger charge is 2.42. The van der Waals surface area contributed by atoms with Crippen LogP contribution in [0.15, 0.2) is 67.0 Å². The smallest absolute Gasteiger partial charge is 0.229 e. The molecular formula is C28H30N6O3S2. The van der Waals surface area contributed by atoms with Crippen LogP contribution >= 0.6 is 12.2 Å². The SMILES string of the molecule is COc1ccc(N2C(=S)NC(c3ccccn3)C2c2cc(C)n(-c3cc(C)ccn3)c2C)cc1NS(C)(=O)=O. The number of benzene rings is 1. The summed E-state index contributed by atoms with van der Waals surface area (Å²) in [7, 11) is -2.04. The molecule has 0 spiro atoms. The molecule has 1 saturated heterocycles. The number of pyridine rings is 2. The summed E-state index contributed by atoms with van der Waals surface area (Å²) < 4.78 is 34.3. The van der Waals surface area contributed by atoms with Crippen molar-refractivity contribution >= 4 is 38.7 Å². The maximum Gasteiger partial charge on any atom is 0.229 e. The first-order valence-corrected chi connectivity index (χ1v) is 14.7. The summed E-state index contributed by atoms with van der Waals surface area (Å²) in [4.78, 5) is 11.3. The second-order valence-electron chi connectivity index (χ2n) is 9.61. The topological polar surface area (TPSA) is 101 Å². The summed E-state index contributed by atoms with van der Waals surface area (Å²) in [6.07, 6.45) is 4.68. The number of methoxy groups -OCH3 is 1. The molecule has 0 saturated carbocycles. The number of nitrogens with zero attached hydrogens (tertiary/aromatic N) is 4. The molecule has 0 radical (unpaired) electrons. The third-order valence-corrected chi connectivity index (χ3v) is 7.68. The second-order valence-corrected chi connectivity index (χ2v) is 11.7. The first-order chi connectivity index (χ1) is 18.6. The molecule has 0 bridgehead atoms. The number of aromatic nitrogens is 3. The molecule has 1 aromatic carbocycles. The number of hydrogen-bond donors (Lipinski definition) is 2. The molecule has 2 atom stereocenters. The van der Waals surface area contributed by atoms with Gasteiger partial charge >= 0.3 is 0 Å². The number of sulfonamides is 1. The first kappa shape index (κ1) is 26.6. The van der Waals surface area contributed by atoms with E-state index in [9.17, 15) is 8.42 Å². The predicted molar refractivity (Wildman–Crippen MR) is 157 cm³/mol. The van der Waals surface area contributed by atoms with Crippen molar-refractivity contribution in [1.29, 1.82) is 0 Å². The molecule has 9 nitrogen and oxygen atoms in total. The van der Waals surface area contributed by atoms with E-state index in [0.717, 1.165) is 40.3 Å². The van der Waals surface area contributed by atoms with Gasteiger partial charge in [-0.1, -0.05) is 6.07 Å². The second kappa shape index (κ2) is 10.3. The normalized spacial score (nSPS) is 17.3. The number of rotatable bonds is 7. The summed E-state index contributed by atoms with van der Waals surface area (Å²) in [6.45, 7) is 6.18. The predicted octanol–water partition coefficient (Wildman–Crippen LogP) is 4.75. The van der Waals surface area contributed by atoms with E-state index in [2.05, 4.69) is 50.6 Å². The van der Waals surface area contributed by atoms with Gasteiger partial charge in [0.2, 0.25) is 10.0 Å². The van der Waals surface area contributed by atoms with Crippen LogP contribution in [0.4, 0.5) is 11.4 Å². The van der Waals surface area contributed by atoms with Crippen LogP contribution < -0.4 is 19.7 Å². The van der Waals surface area contributed by atoms with E-state index in [0.29, 0.717) is 22.2 Å². The van der Waals surface area contributed by atoms with Crippen LogP contribution in [0.3, 0.4) is 0 Å². The van der Waals surface area contributed by atoms with Crippen molar-refractivity contribution in [2.75, 3.05) is 23.0 Å². The van der Waals surface area contributed by atoms with Gasteiger partial charge in [-0.05, 0) is 92.6 Å². The molecule has 1 fully saturated rings. The number of hydrogen-bond acceptors (Lipinski definition) is 6. The van der Waals surface area contributed by atoms with E-state index in [-0.39, 0.29) is 12.1 Å². The zero-order chi connectivity index (χ0) is 27.9. The zero-order valence-corrected chi connectivity index (χ0v) is 24.0. The van der Waals surface area contributed by atoms with Gasteiger partial charge in [0, 0.05) is 29.5 Å². The molecule has 2 unspecified atom stereocenters. The highest BCUT2D eigenvalue weighted by atomic mass is 32.2. The molecule has 0 amide bonds. The fourth-order valence-electron chi connectivity index (χ4n) is 5.16. The third kappa shape index (κ3) is 5.19. The average Bonchev–Trinajstić information content (AvgIpc) is 3.38. The molecule has 202 valence electrons. The fourth-order valence-corrected chi connectivity index (χ4v) is 6.06. The number of ether oxygens (including phenoxy) is 1. The van der Waals surface area contributed by atoms with Crippen molar-refractivity contribution in [3.8, 4) is 11.6 Å². The van der Waals surface area contributed by atoms with Crippen LogP contribution in [0, 0.1) is 20.8 Å². The molecule has 1 aliphatic heterocycles. The van der Waals surface area contributed by atoms with Crippen LogP contribution in [0.1, 0.15) is 40.3 Å². The minimum Gasteiger partial charge on any atom is -0.495 e. The van der Waals surface area contributed by atoms with Crippen molar-refractivity contribution in [3.05, 3.63) is 95.2 Å². The Labute approximate surface area is 233 Å². The summed E-state index contributed by atoms with van der Waals surface area (Å²) in [5.74, 6) is 1.25. The Bertz CT molecular complexity index is 1650. The molecule has 11 heteroatoms. The maximum absolute atomic E-state index is 12.1. The summed E-state index contributed by atoms with van der Waals surface area (Å²) in [5, 5.41) is 3.97. The van der Waals surface area contributed by atoms with Crippen LogP contribution in [-0.4, -0.2) is 41.4 Å². The van der Waals surface area contributed by atoms with Gasteiger partial charge in [0.15, 0.2) is 5.11 Å². The minimum absolute atomic E-state index is 0.258. The molecule has 2 N–H and O–H groups in total. The van der Waals surface area contributed by atoms with Crippen molar-refractivity contribution in [2.24, 2.45) is 0 Å². The minimum atomic E-state index is -3.54. The Morgan fingerprint density at radius 1 is 1.03 bits per heavy atom. The van der Waals surface area contributed by atoms with Gasteiger partial charge in [-0.15, -0.1) is 0 Å². The average molecular weight is 563 g/mol. The summed E-state index contributed by atoms with van der Waals surface area (Å²) >= 11 is 5.88. The highest BCUT2D eigenvalue weighted by Crippen LogP contribution is 2.45. The lowest BCUT2D eigenvalue weighted by molar-refractivity contribution is 0.417. The summed E-state index contributed by atoms with van der Waals surface area (Å²) in [5.41, 5.74) is 6.11. The van der Waals surface area contributed by atoms with Gasteiger partial charge in [0.1, 0.15) is 11.6 Å². The molecule has 3 aromatic heterocycles. The standard InChI is InChI=1S/C28H30N6O3S2/c1-17-11-13-30-25(14-17)33-18(2)15-21(19(33)3)27-26(22-8-6-7-12-29-22)31-28(38)34(27)20-9-10-24(37-4)23(16-20)32-39(5,35)36/h6-16,26-27,32H,1-5H3,(H,31,38). The van der Waals surface area contributed by atoms with Gasteiger partial charge in [0.05, 0.1) is 36.8 Å². The Balaban J connectivity index is 1.69. The zero-order valence-electron chi connectivity index (χ0n) is 22.3. The third-order valence-electron chi connectivity index (χ3n) is 6.77. The van der Waals surface area contributed by atoms with E-state index in [1.807, 2.05) is 48.4 Å². The quantitative estimate of drug-likeness (QED) is 0.311. The number of anilines is 2. The fraction of sp³-hybridized carbons (Fsp3) is 0.250. The molecular weight excluding hydrogens is 532 g/mol. The lowest BCUT2D eigenvalue weighted by Gasteiger charge is -2.29. The van der Waals surface area contributed by atoms with Crippen LogP contribution in [0.2, 0.25) is 0 Å². The van der Waals surface area contributed by atoms with Crippen molar-refractivity contribution < 1.29 is 13.2 Å². The van der Waals surface area contributed by atoms with Gasteiger partial charge < -0.3 is 19.5 Å². The van der Waals surface area contributed by atoms with E-state index in [1.165, 1.54) is 7.11 Å². The van der Waals surface area contributed by atoms with Gasteiger partial charge in [-0.2, -0.15) is 0 Å². The van der Waals surface area contributed by atoms with Crippen LogP contribution in [0.25, 0.3) is 5.82 Å². The first-order valence-electron chi connectivity index (χ1n) is 12.4. The largest absolute Gasteiger partial charge is 0.495 e. The lowest BCUT2D eigenvalue weighted by atomic mass is 9.96. The molecule has 1 aliphatic rings. The number of thiocarbonyl (C=S) groups is 1. The molecule has 4 aromatic rings. The summed E-state index contributed by atoms with van der Waals surface area (Å²) in [6, 6.07) is 16.8. The van der Waals surface area contributed by atoms with Crippen molar-refractivity contribution in [3.63, 3.8) is 0 Å². The van der Waals surface area contributed by atoms with Crippen LogP contribution in [0.5, 0.6) is 5.75 Å². The van der Waals surface area contributed by atoms with E-state index in [1.54, 1.807) is 18.3 Å². The van der Waals surface area contributed by atoms with Crippen molar-refractivity contribution in [2.45, 2.75) is 32.9 Å². The van der Waals surface area contributed by atoms with E-state index in [4.69, 9.17) is 17.0 Å². The van der Waals surface area contributed by atoms with Gasteiger partial charge in [-0.3, -0.25) is 9.71 Å². The van der Waals surface area contributed by atoms with E-state index >= 15 is 0 Å². The van der Waals surface area contributed by atoms with Gasteiger partial charge in [-0.25, -0.2) is 13.4 Å².